The lowest BCUT2D eigenvalue weighted by molar-refractivity contribution is -0.384. The van der Waals surface area contributed by atoms with E-state index in [1.165, 1.54) is 24.3 Å². The van der Waals surface area contributed by atoms with E-state index in [1.807, 2.05) is 5.43 Å². The molecule has 1 rings (SSSR count). The summed E-state index contributed by atoms with van der Waals surface area (Å²) in [6.07, 6.45) is -1.23. The minimum absolute atomic E-state index is 0.0501. The molecule has 0 radical (unpaired) electrons. The largest absolute Gasteiger partial charge is 0.464 e. The molecule has 0 spiro atoms. The highest BCUT2D eigenvalue weighted by atomic mass is 16.6. The van der Waals surface area contributed by atoms with Crippen LogP contribution in [0.2, 0.25) is 0 Å². The van der Waals surface area contributed by atoms with Crippen molar-refractivity contribution < 1.29 is 14.8 Å². The van der Waals surface area contributed by atoms with Gasteiger partial charge >= 0.3 is 6.09 Å². The Kier molecular flexibility index (Phi) is 2.85. The molecule has 14 heavy (non-hydrogen) atoms. The second-order valence-electron chi connectivity index (χ2n) is 2.36. The van der Waals surface area contributed by atoms with Crippen molar-refractivity contribution in [1.82, 2.24) is 5.43 Å². The maximum atomic E-state index is 10.3. The molecule has 0 atom stereocenters. The van der Waals surface area contributed by atoms with Gasteiger partial charge in [-0.15, -0.1) is 0 Å². The van der Waals surface area contributed by atoms with Gasteiger partial charge in [-0.2, -0.15) is 0 Å². The second kappa shape index (κ2) is 4.08. The monoisotopic (exact) mass is 197 g/mol. The van der Waals surface area contributed by atoms with E-state index in [-0.39, 0.29) is 5.69 Å². The summed E-state index contributed by atoms with van der Waals surface area (Å²) in [7, 11) is 0. The summed E-state index contributed by atoms with van der Waals surface area (Å²) < 4.78 is 0. The van der Waals surface area contributed by atoms with Gasteiger partial charge in [0, 0.05) is 12.1 Å². The SMILES string of the molecule is O=C(O)NNc1ccc([N+](=O)[O-])cc1. The summed E-state index contributed by atoms with van der Waals surface area (Å²) in [5.74, 6) is 0. The van der Waals surface area contributed by atoms with Crippen LogP contribution in [0.4, 0.5) is 16.2 Å². The Morgan fingerprint density at radius 1 is 1.36 bits per heavy atom. The Labute approximate surface area is 78.5 Å². The number of nitrogens with zero attached hydrogens (tertiary/aromatic N) is 1. The number of hydrogen-bond acceptors (Lipinski definition) is 4. The lowest BCUT2D eigenvalue weighted by Gasteiger charge is -2.03. The fourth-order valence-electron chi connectivity index (χ4n) is 0.792. The summed E-state index contributed by atoms with van der Waals surface area (Å²) in [5.41, 5.74) is 4.62. The van der Waals surface area contributed by atoms with Crippen molar-refractivity contribution in [3.63, 3.8) is 0 Å². The summed E-state index contributed by atoms with van der Waals surface area (Å²) >= 11 is 0. The summed E-state index contributed by atoms with van der Waals surface area (Å²) in [4.78, 5) is 19.8. The predicted octanol–water partition coefficient (Wildman–Crippen LogP) is 1.19. The second-order valence-corrected chi connectivity index (χ2v) is 2.36. The fourth-order valence-corrected chi connectivity index (χ4v) is 0.792. The Morgan fingerprint density at radius 3 is 2.36 bits per heavy atom. The van der Waals surface area contributed by atoms with Crippen molar-refractivity contribution in [2.24, 2.45) is 0 Å². The first-order valence-corrected chi connectivity index (χ1v) is 3.59. The highest BCUT2D eigenvalue weighted by molar-refractivity contribution is 5.67. The third-order valence-electron chi connectivity index (χ3n) is 1.39. The Hall–Kier alpha value is -2.31. The van der Waals surface area contributed by atoms with E-state index in [4.69, 9.17) is 5.11 Å². The van der Waals surface area contributed by atoms with Gasteiger partial charge in [0.2, 0.25) is 0 Å². The molecule has 0 saturated heterocycles. The number of nitro benzene ring substituents is 1. The van der Waals surface area contributed by atoms with Gasteiger partial charge in [0.05, 0.1) is 10.6 Å². The van der Waals surface area contributed by atoms with Crippen molar-refractivity contribution in [2.75, 3.05) is 5.43 Å². The van der Waals surface area contributed by atoms with E-state index in [9.17, 15) is 14.9 Å². The molecule has 0 unspecified atom stereocenters. The standard InChI is InChI=1S/C7H7N3O4/c11-7(12)9-8-5-1-3-6(4-2-5)10(13)14/h1-4,8-9H,(H,11,12). The zero-order valence-electron chi connectivity index (χ0n) is 6.93. The topological polar surface area (TPSA) is 104 Å². The van der Waals surface area contributed by atoms with Gasteiger partial charge in [-0.3, -0.25) is 15.5 Å². The molecule has 0 aliphatic carbocycles. The van der Waals surface area contributed by atoms with E-state index in [2.05, 4.69) is 5.43 Å². The number of carbonyl (C=O) groups is 1. The first-order chi connectivity index (χ1) is 6.59. The minimum Gasteiger partial charge on any atom is -0.464 e. The van der Waals surface area contributed by atoms with Crippen LogP contribution in [-0.4, -0.2) is 16.1 Å². The molecule has 0 bridgehead atoms. The van der Waals surface area contributed by atoms with Crippen LogP contribution in [0.15, 0.2) is 24.3 Å². The van der Waals surface area contributed by atoms with E-state index in [0.29, 0.717) is 5.69 Å². The zero-order valence-corrected chi connectivity index (χ0v) is 6.93. The molecular weight excluding hydrogens is 190 g/mol. The molecule has 0 aliphatic heterocycles. The van der Waals surface area contributed by atoms with Crippen LogP contribution in [0.5, 0.6) is 0 Å². The fraction of sp³-hybridized carbons (Fsp3) is 0. The van der Waals surface area contributed by atoms with Crippen LogP contribution in [-0.2, 0) is 0 Å². The Balaban J connectivity index is 2.64. The number of nitro groups is 1. The number of nitrogens with one attached hydrogen (secondary N) is 2. The number of carboxylic acid groups (broad SMARTS) is 1. The number of benzene rings is 1. The van der Waals surface area contributed by atoms with Gasteiger partial charge in [-0.1, -0.05) is 0 Å². The quantitative estimate of drug-likeness (QED) is 0.498. The molecule has 7 nitrogen and oxygen atoms in total. The number of anilines is 1. The van der Waals surface area contributed by atoms with Crippen molar-refractivity contribution >= 4 is 17.5 Å². The number of non-ortho nitro benzene ring substituents is 1. The van der Waals surface area contributed by atoms with E-state index in [1.54, 1.807) is 0 Å². The van der Waals surface area contributed by atoms with Crippen LogP contribution in [0.1, 0.15) is 0 Å². The van der Waals surface area contributed by atoms with Gasteiger partial charge in [-0.05, 0) is 12.1 Å². The lowest BCUT2D eigenvalue weighted by Crippen LogP contribution is -2.27. The first kappa shape index (κ1) is 9.78. The average Bonchev–Trinajstić information content (AvgIpc) is 2.15. The van der Waals surface area contributed by atoms with Crippen molar-refractivity contribution in [3.05, 3.63) is 34.4 Å². The van der Waals surface area contributed by atoms with Gasteiger partial charge < -0.3 is 5.11 Å². The molecule has 3 N–H and O–H groups in total. The molecule has 0 aromatic heterocycles. The van der Waals surface area contributed by atoms with Gasteiger partial charge in [0.25, 0.3) is 5.69 Å². The zero-order chi connectivity index (χ0) is 10.6. The molecule has 1 aromatic rings. The number of hydrazine groups is 1. The summed E-state index contributed by atoms with van der Waals surface area (Å²) in [5, 5.41) is 18.5. The molecule has 1 aromatic carbocycles. The molecule has 0 heterocycles. The molecule has 74 valence electrons. The van der Waals surface area contributed by atoms with Crippen LogP contribution in [0.3, 0.4) is 0 Å². The number of rotatable bonds is 3. The Morgan fingerprint density at radius 2 is 1.93 bits per heavy atom. The molecular formula is C7H7N3O4. The maximum Gasteiger partial charge on any atom is 0.423 e. The third-order valence-corrected chi connectivity index (χ3v) is 1.39. The van der Waals surface area contributed by atoms with E-state index >= 15 is 0 Å². The molecule has 1 amide bonds. The van der Waals surface area contributed by atoms with E-state index < -0.39 is 11.0 Å². The van der Waals surface area contributed by atoms with Crippen molar-refractivity contribution in [1.29, 1.82) is 0 Å². The average molecular weight is 197 g/mol. The van der Waals surface area contributed by atoms with E-state index in [0.717, 1.165) is 0 Å². The first-order valence-electron chi connectivity index (χ1n) is 3.59. The molecule has 0 aliphatic rings. The van der Waals surface area contributed by atoms with Gasteiger partial charge in [0.15, 0.2) is 0 Å². The number of hydrogen-bond donors (Lipinski definition) is 3. The summed E-state index contributed by atoms with van der Waals surface area (Å²) in [6.45, 7) is 0. The minimum atomic E-state index is -1.23. The third kappa shape index (κ3) is 2.63. The molecule has 0 fully saturated rings. The highest BCUT2D eigenvalue weighted by Crippen LogP contribution is 2.14. The van der Waals surface area contributed by atoms with Gasteiger partial charge in [0.1, 0.15) is 0 Å². The molecule has 7 heteroatoms. The van der Waals surface area contributed by atoms with Gasteiger partial charge in [-0.25, -0.2) is 10.2 Å². The van der Waals surface area contributed by atoms with Crippen molar-refractivity contribution in [3.8, 4) is 0 Å². The van der Waals surface area contributed by atoms with Crippen LogP contribution >= 0.6 is 0 Å². The smallest absolute Gasteiger partial charge is 0.423 e. The number of amides is 1. The predicted molar refractivity (Wildman–Crippen MR) is 47.9 cm³/mol. The lowest BCUT2D eigenvalue weighted by atomic mass is 10.3. The Bertz CT molecular complexity index is 348. The van der Waals surface area contributed by atoms with Crippen LogP contribution in [0, 0.1) is 10.1 Å². The normalized spacial score (nSPS) is 9.14. The van der Waals surface area contributed by atoms with Crippen molar-refractivity contribution in [2.45, 2.75) is 0 Å². The highest BCUT2D eigenvalue weighted by Gasteiger charge is 2.03. The summed E-state index contributed by atoms with van der Waals surface area (Å²) in [6, 6.07) is 5.33. The van der Waals surface area contributed by atoms with Crippen LogP contribution < -0.4 is 10.9 Å². The molecule has 0 saturated carbocycles. The maximum absolute atomic E-state index is 10.3. The van der Waals surface area contributed by atoms with Crippen LogP contribution in [0.25, 0.3) is 0 Å².